The van der Waals surface area contributed by atoms with Crippen molar-refractivity contribution in [3.8, 4) is 0 Å². The summed E-state index contributed by atoms with van der Waals surface area (Å²) in [5, 5.41) is 24.1. The van der Waals surface area contributed by atoms with Crippen molar-refractivity contribution in [3.05, 3.63) is 29.0 Å². The van der Waals surface area contributed by atoms with Gasteiger partial charge in [0.15, 0.2) is 0 Å². The average Bonchev–Trinajstić information content (AvgIpc) is 2.54. The number of rotatable bonds is 7. The van der Waals surface area contributed by atoms with Crippen molar-refractivity contribution >= 4 is 29.1 Å². The van der Waals surface area contributed by atoms with Crippen LogP contribution < -0.4 is 10.6 Å². The van der Waals surface area contributed by atoms with Crippen LogP contribution in [0.2, 0.25) is 5.02 Å². The van der Waals surface area contributed by atoms with Gasteiger partial charge in [-0.15, -0.1) is 0 Å². The normalized spacial score (nSPS) is 14.0. The minimum atomic E-state index is -1.41. The number of benzene rings is 1. The van der Waals surface area contributed by atoms with Gasteiger partial charge in [-0.2, -0.15) is 0 Å². The van der Waals surface area contributed by atoms with Crippen LogP contribution in [0.15, 0.2) is 18.2 Å². The van der Waals surface area contributed by atoms with Gasteiger partial charge in [-0.3, -0.25) is 9.59 Å². The maximum absolute atomic E-state index is 13.6. The number of anilines is 1. The summed E-state index contributed by atoms with van der Waals surface area (Å²) in [6, 6.07) is 3.78. The van der Waals surface area contributed by atoms with Crippen LogP contribution in [0.5, 0.6) is 0 Å². The first-order valence-corrected chi connectivity index (χ1v) is 7.79. The molecule has 2 amide bonds. The van der Waals surface area contributed by atoms with E-state index >= 15 is 0 Å². The molecule has 0 radical (unpaired) electrons. The second-order valence-electron chi connectivity index (χ2n) is 6.31. The number of hydrogen-bond acceptors (Lipinski definition) is 4. The molecule has 0 fully saturated rings. The number of amides is 2. The van der Waals surface area contributed by atoms with Crippen molar-refractivity contribution in [2.75, 3.05) is 18.5 Å². The molecule has 8 heteroatoms. The molecule has 0 saturated carbocycles. The number of aliphatic hydroxyl groups excluding tert-OH is 2. The van der Waals surface area contributed by atoms with E-state index in [0.29, 0.717) is 0 Å². The Bertz CT molecular complexity index is 610. The Morgan fingerprint density at radius 1 is 1.33 bits per heavy atom. The van der Waals surface area contributed by atoms with E-state index in [0.717, 1.165) is 6.07 Å². The second-order valence-corrected chi connectivity index (χ2v) is 6.75. The maximum Gasteiger partial charge on any atom is 0.249 e. The van der Waals surface area contributed by atoms with Crippen molar-refractivity contribution in [2.24, 2.45) is 11.3 Å². The molecular weight excluding hydrogens is 339 g/mol. The molecule has 1 aromatic rings. The van der Waals surface area contributed by atoms with Crippen molar-refractivity contribution < 1.29 is 24.2 Å². The van der Waals surface area contributed by atoms with Gasteiger partial charge in [0.05, 0.1) is 18.2 Å². The summed E-state index contributed by atoms with van der Waals surface area (Å²) in [6.45, 7) is 4.20. The molecule has 0 aromatic heterocycles. The third-order valence-electron chi connectivity index (χ3n) is 3.61. The van der Waals surface area contributed by atoms with Crippen LogP contribution in [0, 0.1) is 17.2 Å². The first-order valence-electron chi connectivity index (χ1n) is 7.41. The van der Waals surface area contributed by atoms with Crippen LogP contribution in [0.4, 0.5) is 10.1 Å². The van der Waals surface area contributed by atoms with E-state index in [-0.39, 0.29) is 23.9 Å². The van der Waals surface area contributed by atoms with Crippen molar-refractivity contribution in [2.45, 2.75) is 26.9 Å². The van der Waals surface area contributed by atoms with Crippen molar-refractivity contribution in [3.63, 3.8) is 0 Å². The fourth-order valence-corrected chi connectivity index (χ4v) is 1.91. The standard InChI is InChI=1S/C16H22ClFN2O4/c1-9(7-19-15(24)13(22)16(2,3)8-21)14(23)20-12-6-10(17)4-5-11(12)18/h4-6,9,13,21-22H,7-8H2,1-3H3,(H,19,24)(H,20,23)/t9-,13-/m0/s1. The summed E-state index contributed by atoms with van der Waals surface area (Å²) in [5.74, 6) is -2.49. The second kappa shape index (κ2) is 8.41. The number of nitrogens with one attached hydrogen (secondary N) is 2. The highest BCUT2D eigenvalue weighted by Gasteiger charge is 2.33. The van der Waals surface area contributed by atoms with Crippen molar-refractivity contribution in [1.29, 1.82) is 0 Å². The Balaban J connectivity index is 2.59. The predicted octanol–water partition coefficient (Wildman–Crippen LogP) is 1.55. The molecule has 24 heavy (non-hydrogen) atoms. The molecule has 0 unspecified atom stereocenters. The first-order chi connectivity index (χ1) is 11.1. The van der Waals surface area contributed by atoms with Crippen LogP contribution >= 0.6 is 11.6 Å². The number of hydrogen-bond donors (Lipinski definition) is 4. The zero-order valence-electron chi connectivity index (χ0n) is 13.8. The molecule has 1 rings (SSSR count). The topological polar surface area (TPSA) is 98.7 Å². The molecule has 0 saturated heterocycles. The summed E-state index contributed by atoms with van der Waals surface area (Å²) in [5.41, 5.74) is -1.05. The van der Waals surface area contributed by atoms with E-state index in [1.807, 2.05) is 0 Å². The Hall–Kier alpha value is -1.70. The lowest BCUT2D eigenvalue weighted by atomic mass is 9.87. The Morgan fingerprint density at radius 2 is 1.96 bits per heavy atom. The Morgan fingerprint density at radius 3 is 2.54 bits per heavy atom. The summed E-state index contributed by atoms with van der Waals surface area (Å²) < 4.78 is 13.6. The van der Waals surface area contributed by atoms with E-state index in [9.17, 15) is 19.1 Å². The third-order valence-corrected chi connectivity index (χ3v) is 3.85. The predicted molar refractivity (Wildman–Crippen MR) is 89.1 cm³/mol. The van der Waals surface area contributed by atoms with Gasteiger partial charge in [0.1, 0.15) is 11.9 Å². The molecule has 0 bridgehead atoms. The van der Waals surface area contributed by atoms with Crippen LogP contribution in [0.3, 0.4) is 0 Å². The maximum atomic E-state index is 13.6. The van der Waals surface area contributed by atoms with E-state index in [4.69, 9.17) is 16.7 Å². The average molecular weight is 361 g/mol. The summed E-state index contributed by atoms with van der Waals surface area (Å²) in [6.07, 6.45) is -1.41. The molecule has 0 heterocycles. The molecular formula is C16H22ClFN2O4. The first kappa shape index (κ1) is 20.3. The highest BCUT2D eigenvalue weighted by atomic mass is 35.5. The monoisotopic (exact) mass is 360 g/mol. The molecule has 0 aliphatic rings. The van der Waals surface area contributed by atoms with Gasteiger partial charge >= 0.3 is 0 Å². The third kappa shape index (κ3) is 5.43. The summed E-state index contributed by atoms with van der Waals surface area (Å²) in [4.78, 5) is 23.9. The highest BCUT2D eigenvalue weighted by Crippen LogP contribution is 2.21. The van der Waals surface area contributed by atoms with Gasteiger partial charge in [-0.1, -0.05) is 32.4 Å². The lowest BCUT2D eigenvalue weighted by Crippen LogP contribution is -2.47. The van der Waals surface area contributed by atoms with Crippen LogP contribution in [0.25, 0.3) is 0 Å². The minimum absolute atomic E-state index is 0.0490. The van der Waals surface area contributed by atoms with Gasteiger partial charge in [-0.05, 0) is 18.2 Å². The molecule has 0 aliphatic carbocycles. The zero-order valence-corrected chi connectivity index (χ0v) is 14.5. The smallest absolute Gasteiger partial charge is 0.249 e. The quantitative estimate of drug-likeness (QED) is 0.593. The Kier molecular flexibility index (Phi) is 7.13. The summed E-state index contributed by atoms with van der Waals surface area (Å²) in [7, 11) is 0. The fraction of sp³-hybridized carbons (Fsp3) is 0.500. The molecule has 1 aromatic carbocycles. The SMILES string of the molecule is C[C@@H](CNC(=O)[C@H](O)C(C)(C)CO)C(=O)Nc1cc(Cl)ccc1F. The van der Waals surface area contributed by atoms with E-state index in [1.54, 1.807) is 6.92 Å². The van der Waals surface area contributed by atoms with Crippen LogP contribution in [-0.2, 0) is 9.59 Å². The fourth-order valence-electron chi connectivity index (χ4n) is 1.73. The lowest BCUT2D eigenvalue weighted by molar-refractivity contribution is -0.137. The lowest BCUT2D eigenvalue weighted by Gasteiger charge is -2.27. The van der Waals surface area contributed by atoms with Gasteiger partial charge in [0.25, 0.3) is 0 Å². The summed E-state index contributed by atoms with van der Waals surface area (Å²) >= 11 is 5.75. The molecule has 2 atom stereocenters. The zero-order chi connectivity index (χ0) is 18.5. The highest BCUT2D eigenvalue weighted by molar-refractivity contribution is 6.30. The van der Waals surface area contributed by atoms with Crippen LogP contribution in [0.1, 0.15) is 20.8 Å². The molecule has 0 aliphatic heterocycles. The largest absolute Gasteiger partial charge is 0.396 e. The number of halogens is 2. The number of aliphatic hydroxyl groups is 2. The molecule has 6 nitrogen and oxygen atoms in total. The van der Waals surface area contributed by atoms with E-state index < -0.39 is 35.1 Å². The number of carbonyl (C=O) groups is 2. The van der Waals surface area contributed by atoms with E-state index in [2.05, 4.69) is 10.6 Å². The molecule has 134 valence electrons. The Labute approximate surface area is 145 Å². The van der Waals surface area contributed by atoms with Gasteiger partial charge in [-0.25, -0.2) is 4.39 Å². The van der Waals surface area contributed by atoms with Gasteiger partial charge < -0.3 is 20.8 Å². The number of carbonyl (C=O) groups excluding carboxylic acids is 2. The van der Waals surface area contributed by atoms with Gasteiger partial charge in [0.2, 0.25) is 11.8 Å². The van der Waals surface area contributed by atoms with Crippen LogP contribution in [-0.4, -0.2) is 41.3 Å². The van der Waals surface area contributed by atoms with E-state index in [1.165, 1.54) is 26.0 Å². The van der Waals surface area contributed by atoms with Crippen molar-refractivity contribution in [1.82, 2.24) is 5.32 Å². The molecule has 4 N–H and O–H groups in total. The van der Waals surface area contributed by atoms with Gasteiger partial charge in [0, 0.05) is 17.0 Å². The minimum Gasteiger partial charge on any atom is -0.396 e. The molecule has 0 spiro atoms.